The van der Waals surface area contributed by atoms with Gasteiger partial charge in [0.1, 0.15) is 29.8 Å². The van der Waals surface area contributed by atoms with E-state index >= 15 is 0 Å². The summed E-state index contributed by atoms with van der Waals surface area (Å²) >= 11 is 5.49. The molecular weight excluding hydrogens is 785 g/mol. The van der Waals surface area contributed by atoms with Crippen LogP contribution in [0.25, 0.3) is 11.1 Å². The number of fused-ring (bicyclic) bond motifs is 3. The fourth-order valence-corrected chi connectivity index (χ4v) is 9.25. The van der Waals surface area contributed by atoms with Gasteiger partial charge in [-0.1, -0.05) is 75.4 Å². The molecule has 0 aromatic heterocycles. The Balaban J connectivity index is 1.16. The van der Waals surface area contributed by atoms with E-state index < -0.39 is 85.8 Å². The molecule has 3 fully saturated rings. The maximum Gasteiger partial charge on any atom is 0.413 e. The zero-order valence-corrected chi connectivity index (χ0v) is 35.2. The molecule has 4 aliphatic rings. The van der Waals surface area contributed by atoms with Crippen LogP contribution in [0.4, 0.5) is 9.59 Å². The number of hydrogen-bond acceptors (Lipinski definition) is 10. The van der Waals surface area contributed by atoms with Crippen LogP contribution in [0, 0.1) is 11.3 Å². The molecule has 2 aromatic carbocycles. The predicted octanol–water partition coefficient (Wildman–Crippen LogP) is 3.98. The molecule has 3 aliphatic carbocycles. The van der Waals surface area contributed by atoms with E-state index in [2.05, 4.69) is 32.6 Å². The Bertz CT molecular complexity index is 2080. The second-order valence-electron chi connectivity index (χ2n) is 17.5. The average molecular weight is 837 g/mol. The zero-order valence-electron chi connectivity index (χ0n) is 33.5. The van der Waals surface area contributed by atoms with Crippen molar-refractivity contribution in [2.45, 2.75) is 108 Å². The molecule has 15 nitrogen and oxygen atoms in total. The Morgan fingerprint density at radius 3 is 2.10 bits per heavy atom. The number of nitrogens with one attached hydrogen (secondary N) is 5. The molecular formula is C41H52N6O9S2. The molecule has 0 bridgehead atoms. The summed E-state index contributed by atoms with van der Waals surface area (Å²) in [7, 11) is -3.93. The number of sulfonamides is 1. The van der Waals surface area contributed by atoms with Crippen LogP contribution < -0.4 is 26.0 Å². The van der Waals surface area contributed by atoms with Crippen LogP contribution in [0.1, 0.15) is 84.3 Å². The molecule has 5 N–H and O–H groups in total. The van der Waals surface area contributed by atoms with Crippen molar-refractivity contribution >= 4 is 57.3 Å². The third kappa shape index (κ3) is 9.30. The van der Waals surface area contributed by atoms with Crippen LogP contribution in [-0.4, -0.2) is 96.0 Å². The number of carbonyl (C=O) groups excluding carboxylic acids is 5. The summed E-state index contributed by atoms with van der Waals surface area (Å²) in [4.78, 5) is 69.5. The van der Waals surface area contributed by atoms with Gasteiger partial charge in [-0.2, -0.15) is 0 Å². The molecule has 58 heavy (non-hydrogen) atoms. The van der Waals surface area contributed by atoms with Crippen molar-refractivity contribution in [2.75, 3.05) is 13.2 Å². The van der Waals surface area contributed by atoms with E-state index in [4.69, 9.17) is 21.7 Å². The monoisotopic (exact) mass is 836 g/mol. The van der Waals surface area contributed by atoms with Crippen molar-refractivity contribution < 1.29 is 41.9 Å². The molecule has 0 spiro atoms. The Morgan fingerprint density at radius 1 is 0.966 bits per heavy atom. The minimum atomic E-state index is -3.93. The van der Waals surface area contributed by atoms with Gasteiger partial charge in [-0.15, -0.1) is 6.58 Å². The molecule has 0 radical (unpaired) electrons. The number of amides is 5. The van der Waals surface area contributed by atoms with Crippen molar-refractivity contribution in [1.82, 2.24) is 30.9 Å². The number of nitrogens with zero attached hydrogens (tertiary/aromatic N) is 1. The highest BCUT2D eigenvalue weighted by molar-refractivity contribution is 7.91. The number of benzene rings is 2. The normalized spacial score (nSPS) is 23.0. The quantitative estimate of drug-likeness (QED) is 0.162. The molecule has 1 heterocycles. The van der Waals surface area contributed by atoms with Gasteiger partial charge in [-0.05, 0) is 86.3 Å². The molecule has 5 unspecified atom stereocenters. The smallest absolute Gasteiger partial charge is 0.413 e. The summed E-state index contributed by atoms with van der Waals surface area (Å²) in [6, 6.07) is 12.8. The molecule has 2 aromatic rings. The zero-order chi connectivity index (χ0) is 42.4. The summed E-state index contributed by atoms with van der Waals surface area (Å²) in [6.07, 6.45) is 0.796. The van der Waals surface area contributed by atoms with Gasteiger partial charge in [0.25, 0.3) is 5.91 Å². The minimum Gasteiger partial charge on any atom is -0.448 e. The fraction of sp³-hybridized carbons (Fsp3) is 0.512. The van der Waals surface area contributed by atoms with Crippen molar-refractivity contribution in [2.24, 2.45) is 11.3 Å². The number of carbonyl (C=O) groups is 5. The average Bonchev–Trinajstić information content (AvgIpc) is 4.04. The standard InChI is InChI=1S/C41H52N6O9S2/c1-8-23-20-41(23,35(50)46-58(53,54)25-17-18-25)45-33(48)31-19-24(21-47(31)34(49)32(39(2,3)4)43-38(52)56-40(5,6)7)42-36(57)44-37(51)55-22-30-28-15-11-9-13-26(28)27-14-10-12-16-29(27)30/h8-16,23-25,30-32H,1,17-22H2,2-7H3,(H,43,52)(H,45,48)(H,46,50)(H2,42,44,51,57). The van der Waals surface area contributed by atoms with Gasteiger partial charge >= 0.3 is 12.2 Å². The number of rotatable bonds is 11. The SMILES string of the molecule is C=CC1CC1(NC(=O)C1CC(NC(=S)NC(=O)OCC2c3ccccc3-c3ccccc32)CN1C(=O)C(NC(=O)OC(C)(C)C)C(C)(C)C)C(=O)NS(=O)(=O)C1CC1. The van der Waals surface area contributed by atoms with Crippen LogP contribution in [0.2, 0.25) is 0 Å². The molecule has 1 saturated heterocycles. The van der Waals surface area contributed by atoms with Crippen molar-refractivity contribution in [3.8, 4) is 11.1 Å². The first-order valence-corrected chi connectivity index (χ1v) is 21.3. The maximum absolute atomic E-state index is 14.5. The Kier molecular flexibility index (Phi) is 11.7. The van der Waals surface area contributed by atoms with Crippen LogP contribution in [0.15, 0.2) is 61.2 Å². The number of likely N-dealkylation sites (tertiary alicyclic amines) is 1. The first-order valence-electron chi connectivity index (χ1n) is 19.4. The van der Waals surface area contributed by atoms with Crippen molar-refractivity contribution in [3.05, 3.63) is 72.3 Å². The maximum atomic E-state index is 14.5. The lowest BCUT2D eigenvalue weighted by Crippen LogP contribution is -2.60. The summed E-state index contributed by atoms with van der Waals surface area (Å²) in [6.45, 7) is 14.0. The summed E-state index contributed by atoms with van der Waals surface area (Å²) in [5, 5.41) is 10.2. The lowest BCUT2D eigenvalue weighted by Gasteiger charge is -2.36. The van der Waals surface area contributed by atoms with E-state index in [9.17, 15) is 32.4 Å². The van der Waals surface area contributed by atoms with Gasteiger partial charge in [0.2, 0.25) is 21.8 Å². The van der Waals surface area contributed by atoms with Crippen LogP contribution >= 0.6 is 12.2 Å². The van der Waals surface area contributed by atoms with E-state index in [0.717, 1.165) is 22.3 Å². The van der Waals surface area contributed by atoms with Gasteiger partial charge in [0.15, 0.2) is 5.11 Å². The highest BCUT2D eigenvalue weighted by atomic mass is 32.2. The topological polar surface area (TPSA) is 201 Å². The predicted molar refractivity (Wildman–Crippen MR) is 220 cm³/mol. The Hall–Kier alpha value is -5.03. The summed E-state index contributed by atoms with van der Waals surface area (Å²) in [5.74, 6) is -2.94. The summed E-state index contributed by atoms with van der Waals surface area (Å²) in [5.41, 5.74) is 0.932. The largest absolute Gasteiger partial charge is 0.448 e. The van der Waals surface area contributed by atoms with Gasteiger partial charge in [-0.3, -0.25) is 24.4 Å². The Morgan fingerprint density at radius 2 is 1.57 bits per heavy atom. The molecule has 5 amide bonds. The fourth-order valence-electron chi connectivity index (χ4n) is 7.64. The molecule has 5 atom stereocenters. The molecule has 17 heteroatoms. The van der Waals surface area contributed by atoms with E-state index in [0.29, 0.717) is 12.8 Å². The minimum absolute atomic E-state index is 0.0236. The highest BCUT2D eigenvalue weighted by Crippen LogP contribution is 2.46. The van der Waals surface area contributed by atoms with Crippen LogP contribution in [-0.2, 0) is 33.9 Å². The van der Waals surface area contributed by atoms with Gasteiger partial charge in [0.05, 0.1) is 5.25 Å². The lowest BCUT2D eigenvalue weighted by molar-refractivity contribution is -0.142. The van der Waals surface area contributed by atoms with E-state index in [1.54, 1.807) is 41.5 Å². The van der Waals surface area contributed by atoms with Gasteiger partial charge in [-0.25, -0.2) is 18.0 Å². The summed E-state index contributed by atoms with van der Waals surface area (Å²) < 4.78 is 38.6. The number of hydrogen-bond donors (Lipinski definition) is 5. The second-order valence-corrected chi connectivity index (χ2v) is 19.9. The van der Waals surface area contributed by atoms with Crippen LogP contribution in [0.5, 0.6) is 0 Å². The molecule has 6 rings (SSSR count). The van der Waals surface area contributed by atoms with E-state index in [1.165, 1.54) is 11.0 Å². The Labute approximate surface area is 344 Å². The lowest BCUT2D eigenvalue weighted by atomic mass is 9.85. The molecule has 312 valence electrons. The van der Waals surface area contributed by atoms with Gasteiger partial charge < -0.3 is 30.3 Å². The van der Waals surface area contributed by atoms with Crippen molar-refractivity contribution in [1.29, 1.82) is 0 Å². The number of ether oxygens (including phenoxy) is 2. The van der Waals surface area contributed by atoms with Gasteiger partial charge in [0, 0.05) is 24.4 Å². The van der Waals surface area contributed by atoms with E-state index in [-0.39, 0.29) is 37.0 Å². The molecule has 2 saturated carbocycles. The highest BCUT2D eigenvalue weighted by Gasteiger charge is 2.62. The first kappa shape index (κ1) is 42.6. The third-order valence-electron chi connectivity index (χ3n) is 10.8. The number of thiocarbonyl (C=S) groups is 1. The van der Waals surface area contributed by atoms with Crippen LogP contribution in [0.3, 0.4) is 0 Å². The van der Waals surface area contributed by atoms with E-state index in [1.807, 2.05) is 48.5 Å². The third-order valence-corrected chi connectivity index (χ3v) is 12.8. The van der Waals surface area contributed by atoms with Crippen molar-refractivity contribution in [3.63, 3.8) is 0 Å². The molecule has 1 aliphatic heterocycles. The number of alkyl carbamates (subject to hydrolysis) is 2. The second kappa shape index (κ2) is 16.0. The first-order chi connectivity index (χ1) is 27.1.